The average molecular weight is 432 g/mol. The minimum Gasteiger partial charge on any atom is -0.473 e. The molecule has 0 unspecified atom stereocenters. The molecule has 1 saturated carbocycles. The predicted octanol–water partition coefficient (Wildman–Crippen LogP) is 6.67. The van der Waals surface area contributed by atoms with E-state index in [2.05, 4.69) is 78.9 Å². The van der Waals surface area contributed by atoms with E-state index in [1.165, 1.54) is 18.4 Å². The van der Waals surface area contributed by atoms with Crippen molar-refractivity contribution >= 4 is 15.9 Å². The first-order valence-corrected chi connectivity index (χ1v) is 10.5. The van der Waals surface area contributed by atoms with Crippen molar-refractivity contribution in [1.82, 2.24) is 4.98 Å². The van der Waals surface area contributed by atoms with E-state index >= 15 is 0 Å². The Hall–Kier alpha value is -1.39. The maximum Gasteiger partial charge on any atom is 0.213 e. The quantitative estimate of drug-likeness (QED) is 0.490. The van der Waals surface area contributed by atoms with E-state index in [-0.39, 0.29) is 11.5 Å². The molecule has 0 aliphatic heterocycles. The maximum absolute atomic E-state index is 6.01. The number of benzene rings is 1. The number of aromatic nitrogens is 1. The first kappa shape index (κ1) is 20.3. The van der Waals surface area contributed by atoms with Gasteiger partial charge >= 0.3 is 0 Å². The first-order valence-electron chi connectivity index (χ1n) is 9.69. The topological polar surface area (TPSA) is 31.4 Å². The maximum atomic E-state index is 6.01. The third-order valence-corrected chi connectivity index (χ3v) is 6.09. The lowest BCUT2D eigenvalue weighted by Gasteiger charge is -2.30. The van der Waals surface area contributed by atoms with Gasteiger partial charge in [0.25, 0.3) is 0 Å². The number of pyridine rings is 1. The fourth-order valence-electron chi connectivity index (χ4n) is 3.64. The standard InChI is InChI=1S/C23H30BrNO2/c1-15(17-7-8-17)18-10-11-25-21(13-18)27-14-16-6-9-20(24)19(12-16)22(26-5)23(2,3)4/h6,9-13,15,17,22H,7-8,14H2,1-5H3/t15-,22+/m0/s1. The highest BCUT2D eigenvalue weighted by molar-refractivity contribution is 9.10. The van der Waals surface area contributed by atoms with Crippen LogP contribution < -0.4 is 4.74 Å². The lowest BCUT2D eigenvalue weighted by molar-refractivity contribution is 0.0146. The van der Waals surface area contributed by atoms with Crippen molar-refractivity contribution in [1.29, 1.82) is 0 Å². The van der Waals surface area contributed by atoms with Gasteiger partial charge in [0.15, 0.2) is 0 Å². The third kappa shape index (κ3) is 5.11. The van der Waals surface area contributed by atoms with Crippen molar-refractivity contribution in [3.05, 3.63) is 57.7 Å². The van der Waals surface area contributed by atoms with Crippen LogP contribution >= 0.6 is 15.9 Å². The summed E-state index contributed by atoms with van der Waals surface area (Å²) in [4.78, 5) is 4.39. The van der Waals surface area contributed by atoms with Gasteiger partial charge in [-0.2, -0.15) is 0 Å². The molecule has 27 heavy (non-hydrogen) atoms. The Morgan fingerprint density at radius 1 is 1.19 bits per heavy atom. The largest absolute Gasteiger partial charge is 0.473 e. The number of nitrogens with zero attached hydrogens (tertiary/aromatic N) is 1. The lowest BCUT2D eigenvalue weighted by atomic mass is 9.84. The molecule has 2 aromatic rings. The summed E-state index contributed by atoms with van der Waals surface area (Å²) >= 11 is 3.67. The highest BCUT2D eigenvalue weighted by atomic mass is 79.9. The van der Waals surface area contributed by atoms with Crippen LogP contribution in [0.2, 0.25) is 0 Å². The summed E-state index contributed by atoms with van der Waals surface area (Å²) in [6.07, 6.45) is 4.55. The second-order valence-corrected chi connectivity index (χ2v) is 9.53. The van der Waals surface area contributed by atoms with E-state index in [4.69, 9.17) is 9.47 Å². The van der Waals surface area contributed by atoms with E-state index in [1.54, 1.807) is 7.11 Å². The minimum absolute atomic E-state index is 0.00554. The van der Waals surface area contributed by atoms with E-state index in [0.29, 0.717) is 18.4 Å². The summed E-state index contributed by atoms with van der Waals surface area (Å²) in [5, 5.41) is 0. The molecule has 1 fully saturated rings. The molecule has 2 atom stereocenters. The summed E-state index contributed by atoms with van der Waals surface area (Å²) < 4.78 is 12.9. The minimum atomic E-state index is 0.00554. The normalized spacial score (nSPS) is 16.8. The fourth-order valence-corrected chi connectivity index (χ4v) is 4.10. The molecule has 4 heteroatoms. The van der Waals surface area contributed by atoms with E-state index < -0.39 is 0 Å². The second-order valence-electron chi connectivity index (χ2n) is 8.68. The molecule has 1 aliphatic carbocycles. The summed E-state index contributed by atoms with van der Waals surface area (Å²) in [5.41, 5.74) is 3.59. The van der Waals surface area contributed by atoms with E-state index in [1.807, 2.05) is 6.20 Å². The highest BCUT2D eigenvalue weighted by Gasteiger charge is 2.29. The van der Waals surface area contributed by atoms with Crippen LogP contribution in [0.3, 0.4) is 0 Å². The molecule has 0 spiro atoms. The molecular weight excluding hydrogens is 402 g/mol. The zero-order valence-electron chi connectivity index (χ0n) is 17.0. The van der Waals surface area contributed by atoms with Crippen molar-refractivity contribution in [3.8, 4) is 5.88 Å². The number of rotatable bonds is 7. The van der Waals surface area contributed by atoms with Crippen LogP contribution in [0.5, 0.6) is 5.88 Å². The number of ether oxygens (including phenoxy) is 2. The Morgan fingerprint density at radius 2 is 1.93 bits per heavy atom. The van der Waals surface area contributed by atoms with Crippen molar-refractivity contribution in [3.63, 3.8) is 0 Å². The fraction of sp³-hybridized carbons (Fsp3) is 0.522. The van der Waals surface area contributed by atoms with Crippen LogP contribution in [-0.4, -0.2) is 12.1 Å². The van der Waals surface area contributed by atoms with Crippen LogP contribution in [-0.2, 0) is 11.3 Å². The molecule has 3 nitrogen and oxygen atoms in total. The molecule has 0 bridgehead atoms. The Kier molecular flexibility index (Phi) is 6.27. The van der Waals surface area contributed by atoms with Crippen LogP contribution in [0.25, 0.3) is 0 Å². The van der Waals surface area contributed by atoms with Gasteiger partial charge in [-0.25, -0.2) is 4.98 Å². The SMILES string of the molecule is CO[C@H](c1cc(COc2cc([C@@H](C)C3CC3)ccn2)ccc1Br)C(C)(C)C. The molecule has 0 radical (unpaired) electrons. The van der Waals surface area contributed by atoms with Crippen molar-refractivity contribution in [2.24, 2.45) is 11.3 Å². The van der Waals surface area contributed by atoms with Gasteiger partial charge < -0.3 is 9.47 Å². The zero-order valence-corrected chi connectivity index (χ0v) is 18.5. The van der Waals surface area contributed by atoms with Crippen molar-refractivity contribution in [2.45, 2.75) is 59.2 Å². The smallest absolute Gasteiger partial charge is 0.213 e. The number of hydrogen-bond donors (Lipinski definition) is 0. The summed E-state index contributed by atoms with van der Waals surface area (Å²) in [5.74, 6) is 2.12. The molecule has 1 aromatic heterocycles. The molecule has 0 saturated heterocycles. The molecule has 1 aliphatic rings. The van der Waals surface area contributed by atoms with Crippen LogP contribution in [0.1, 0.15) is 69.2 Å². The summed E-state index contributed by atoms with van der Waals surface area (Å²) in [6, 6.07) is 10.5. The Labute approximate surface area is 171 Å². The first-order chi connectivity index (χ1) is 12.8. The van der Waals surface area contributed by atoms with Gasteiger partial charge in [0, 0.05) is 23.8 Å². The van der Waals surface area contributed by atoms with Crippen LogP contribution in [0.4, 0.5) is 0 Å². The van der Waals surface area contributed by atoms with Gasteiger partial charge in [0.2, 0.25) is 5.88 Å². The van der Waals surface area contributed by atoms with Gasteiger partial charge in [-0.05, 0) is 65.0 Å². The number of halogens is 1. The molecule has 3 rings (SSSR count). The number of hydrogen-bond acceptors (Lipinski definition) is 3. The predicted molar refractivity (Wildman–Crippen MR) is 113 cm³/mol. The van der Waals surface area contributed by atoms with Gasteiger partial charge in [-0.15, -0.1) is 0 Å². The zero-order chi connectivity index (χ0) is 19.6. The Balaban J connectivity index is 1.73. The third-order valence-electron chi connectivity index (χ3n) is 5.37. The second kappa shape index (κ2) is 8.32. The van der Waals surface area contributed by atoms with Crippen LogP contribution in [0, 0.1) is 11.3 Å². The molecule has 146 valence electrons. The Bertz CT molecular complexity index is 780. The Morgan fingerprint density at radius 3 is 2.56 bits per heavy atom. The van der Waals surface area contributed by atoms with Gasteiger partial charge in [-0.1, -0.05) is 49.7 Å². The summed E-state index contributed by atoms with van der Waals surface area (Å²) in [7, 11) is 1.77. The van der Waals surface area contributed by atoms with Crippen LogP contribution in [0.15, 0.2) is 41.0 Å². The molecular formula is C23H30BrNO2. The van der Waals surface area contributed by atoms with E-state index in [0.717, 1.165) is 21.5 Å². The molecule has 1 heterocycles. The van der Waals surface area contributed by atoms with Crippen molar-refractivity contribution in [2.75, 3.05) is 7.11 Å². The van der Waals surface area contributed by atoms with Gasteiger partial charge in [-0.3, -0.25) is 0 Å². The average Bonchev–Trinajstić information content (AvgIpc) is 3.46. The van der Waals surface area contributed by atoms with Gasteiger partial charge in [0.1, 0.15) is 6.61 Å². The number of methoxy groups -OCH3 is 1. The lowest BCUT2D eigenvalue weighted by Crippen LogP contribution is -2.20. The van der Waals surface area contributed by atoms with E-state index in [9.17, 15) is 0 Å². The van der Waals surface area contributed by atoms with Crippen molar-refractivity contribution < 1.29 is 9.47 Å². The monoisotopic (exact) mass is 431 g/mol. The molecule has 0 amide bonds. The summed E-state index contributed by atoms with van der Waals surface area (Å²) in [6.45, 7) is 9.36. The molecule has 0 N–H and O–H groups in total. The molecule has 1 aromatic carbocycles. The highest BCUT2D eigenvalue weighted by Crippen LogP contribution is 2.42. The van der Waals surface area contributed by atoms with Gasteiger partial charge in [0.05, 0.1) is 6.10 Å².